The summed E-state index contributed by atoms with van der Waals surface area (Å²) >= 11 is 4.50. The van der Waals surface area contributed by atoms with Crippen molar-refractivity contribution in [2.45, 2.75) is 44.6 Å². The molecule has 2 aliphatic carbocycles. The van der Waals surface area contributed by atoms with Crippen LogP contribution in [0.2, 0.25) is 0 Å². The van der Waals surface area contributed by atoms with E-state index >= 15 is 0 Å². The standard InChI is InChI=1S/C12H20N2S/c13-7-2-8-14(11-3-4-11)9-12(10-15)5-1-6-12/h11,15H,1-6,8-10H2. The van der Waals surface area contributed by atoms with Gasteiger partial charge in [-0.05, 0) is 36.9 Å². The van der Waals surface area contributed by atoms with Crippen LogP contribution >= 0.6 is 12.6 Å². The Kier molecular flexibility index (Phi) is 3.58. The second-order valence-corrected chi connectivity index (χ2v) is 5.44. The van der Waals surface area contributed by atoms with Crippen LogP contribution in [0.4, 0.5) is 0 Å². The average molecular weight is 224 g/mol. The van der Waals surface area contributed by atoms with Crippen molar-refractivity contribution in [2.24, 2.45) is 5.41 Å². The highest BCUT2D eigenvalue weighted by atomic mass is 32.1. The molecule has 0 aromatic carbocycles. The fourth-order valence-electron chi connectivity index (χ4n) is 2.50. The number of nitrogens with zero attached hydrogens (tertiary/aromatic N) is 2. The smallest absolute Gasteiger partial charge is 0.0635 e. The Morgan fingerprint density at radius 1 is 1.40 bits per heavy atom. The van der Waals surface area contributed by atoms with E-state index < -0.39 is 0 Å². The molecule has 2 fully saturated rings. The lowest BCUT2D eigenvalue weighted by atomic mass is 9.70. The summed E-state index contributed by atoms with van der Waals surface area (Å²) in [5.74, 6) is 1.02. The zero-order valence-corrected chi connectivity index (χ0v) is 10.2. The lowest BCUT2D eigenvalue weighted by Gasteiger charge is -2.44. The van der Waals surface area contributed by atoms with E-state index in [0.717, 1.165) is 18.3 Å². The van der Waals surface area contributed by atoms with Crippen LogP contribution in [-0.2, 0) is 0 Å². The van der Waals surface area contributed by atoms with Gasteiger partial charge in [-0.3, -0.25) is 4.90 Å². The molecule has 0 aromatic heterocycles. The summed E-state index contributed by atoms with van der Waals surface area (Å²) in [6, 6.07) is 3.05. The van der Waals surface area contributed by atoms with Crippen molar-refractivity contribution in [1.82, 2.24) is 4.90 Å². The molecule has 0 bridgehead atoms. The second kappa shape index (κ2) is 4.76. The molecule has 0 radical (unpaired) electrons. The zero-order valence-electron chi connectivity index (χ0n) is 9.28. The quantitative estimate of drug-likeness (QED) is 0.702. The molecule has 2 saturated carbocycles. The van der Waals surface area contributed by atoms with Crippen molar-refractivity contribution in [3.63, 3.8) is 0 Å². The highest BCUT2D eigenvalue weighted by Crippen LogP contribution is 2.44. The van der Waals surface area contributed by atoms with Gasteiger partial charge in [-0.25, -0.2) is 0 Å². The summed E-state index contributed by atoms with van der Waals surface area (Å²) in [6.07, 6.45) is 7.41. The largest absolute Gasteiger partial charge is 0.299 e. The number of rotatable bonds is 6. The molecule has 0 heterocycles. The molecule has 0 aromatic rings. The van der Waals surface area contributed by atoms with E-state index in [-0.39, 0.29) is 0 Å². The maximum atomic E-state index is 8.65. The van der Waals surface area contributed by atoms with Crippen LogP contribution in [0, 0.1) is 16.7 Å². The minimum absolute atomic E-state index is 0.487. The normalized spacial score (nSPS) is 23.5. The fraction of sp³-hybridized carbons (Fsp3) is 0.917. The molecular weight excluding hydrogens is 204 g/mol. The molecule has 2 nitrogen and oxygen atoms in total. The monoisotopic (exact) mass is 224 g/mol. The number of nitriles is 1. The van der Waals surface area contributed by atoms with Crippen molar-refractivity contribution < 1.29 is 0 Å². The summed E-state index contributed by atoms with van der Waals surface area (Å²) < 4.78 is 0. The summed E-state index contributed by atoms with van der Waals surface area (Å²) in [7, 11) is 0. The first-order valence-electron chi connectivity index (χ1n) is 6.01. The van der Waals surface area contributed by atoms with E-state index in [2.05, 4.69) is 23.6 Å². The molecule has 0 atom stereocenters. The first-order chi connectivity index (χ1) is 7.29. The third kappa shape index (κ3) is 2.68. The van der Waals surface area contributed by atoms with Crippen molar-refractivity contribution in [3.8, 4) is 6.07 Å². The third-order valence-electron chi connectivity index (χ3n) is 3.86. The van der Waals surface area contributed by atoms with Crippen LogP contribution in [0.5, 0.6) is 0 Å². The van der Waals surface area contributed by atoms with Crippen LogP contribution < -0.4 is 0 Å². The first kappa shape index (κ1) is 11.3. The van der Waals surface area contributed by atoms with Crippen molar-refractivity contribution in [3.05, 3.63) is 0 Å². The van der Waals surface area contributed by atoms with Crippen molar-refractivity contribution in [2.75, 3.05) is 18.8 Å². The highest BCUT2D eigenvalue weighted by Gasteiger charge is 2.40. The lowest BCUT2D eigenvalue weighted by Crippen LogP contribution is -2.44. The van der Waals surface area contributed by atoms with E-state index in [4.69, 9.17) is 5.26 Å². The summed E-state index contributed by atoms with van der Waals surface area (Å²) in [5, 5.41) is 8.65. The summed E-state index contributed by atoms with van der Waals surface area (Å²) in [4.78, 5) is 2.54. The van der Waals surface area contributed by atoms with Crippen LogP contribution in [0.3, 0.4) is 0 Å². The maximum Gasteiger partial charge on any atom is 0.0635 e. The van der Waals surface area contributed by atoms with Gasteiger partial charge in [0.15, 0.2) is 0 Å². The predicted octanol–water partition coefficient (Wildman–Crippen LogP) is 2.46. The van der Waals surface area contributed by atoms with Gasteiger partial charge in [-0.1, -0.05) is 6.42 Å². The van der Waals surface area contributed by atoms with Gasteiger partial charge in [0.05, 0.1) is 6.07 Å². The molecular formula is C12H20N2S. The van der Waals surface area contributed by atoms with Gasteiger partial charge < -0.3 is 0 Å². The second-order valence-electron chi connectivity index (χ2n) is 5.12. The molecule has 2 rings (SSSR count). The highest BCUT2D eigenvalue weighted by molar-refractivity contribution is 7.80. The molecule has 0 N–H and O–H groups in total. The Morgan fingerprint density at radius 2 is 2.13 bits per heavy atom. The van der Waals surface area contributed by atoms with Crippen molar-refractivity contribution >= 4 is 12.6 Å². The van der Waals surface area contributed by atoms with Crippen LogP contribution in [0.15, 0.2) is 0 Å². The summed E-state index contributed by atoms with van der Waals surface area (Å²) in [6.45, 7) is 2.15. The Labute approximate surface area is 98.0 Å². The Morgan fingerprint density at radius 3 is 2.53 bits per heavy atom. The minimum atomic E-state index is 0.487. The van der Waals surface area contributed by atoms with Gasteiger partial charge in [0.2, 0.25) is 0 Å². The van der Waals surface area contributed by atoms with Crippen LogP contribution in [0.1, 0.15) is 38.5 Å². The lowest BCUT2D eigenvalue weighted by molar-refractivity contribution is 0.0869. The third-order valence-corrected chi connectivity index (χ3v) is 4.53. The van der Waals surface area contributed by atoms with Crippen LogP contribution in [-0.4, -0.2) is 29.8 Å². The molecule has 84 valence electrons. The van der Waals surface area contributed by atoms with E-state index in [1.165, 1.54) is 38.6 Å². The van der Waals surface area contributed by atoms with Gasteiger partial charge in [0.1, 0.15) is 0 Å². The van der Waals surface area contributed by atoms with E-state index in [1.807, 2.05) is 0 Å². The molecule has 15 heavy (non-hydrogen) atoms. The fourth-order valence-corrected chi connectivity index (χ4v) is 2.91. The van der Waals surface area contributed by atoms with Gasteiger partial charge in [-0.15, -0.1) is 0 Å². The van der Waals surface area contributed by atoms with Gasteiger partial charge in [0, 0.05) is 25.6 Å². The average Bonchev–Trinajstić information content (AvgIpc) is 3.00. The SMILES string of the molecule is N#CCCN(CC1(CS)CCC1)C1CC1. The Hall–Kier alpha value is -0.200. The molecule has 0 spiro atoms. The zero-order chi connectivity index (χ0) is 10.7. The molecule has 0 aliphatic heterocycles. The van der Waals surface area contributed by atoms with E-state index in [1.54, 1.807) is 0 Å². The Balaban J connectivity index is 1.85. The minimum Gasteiger partial charge on any atom is -0.299 e. The van der Waals surface area contributed by atoms with E-state index in [9.17, 15) is 0 Å². The Bertz CT molecular complexity index is 245. The molecule has 0 unspecified atom stereocenters. The first-order valence-corrected chi connectivity index (χ1v) is 6.65. The molecule has 3 heteroatoms. The number of thiol groups is 1. The molecule has 0 saturated heterocycles. The van der Waals surface area contributed by atoms with Crippen molar-refractivity contribution in [1.29, 1.82) is 5.26 Å². The number of hydrogen-bond donors (Lipinski definition) is 1. The van der Waals surface area contributed by atoms with Gasteiger partial charge in [-0.2, -0.15) is 17.9 Å². The topological polar surface area (TPSA) is 27.0 Å². The van der Waals surface area contributed by atoms with E-state index in [0.29, 0.717) is 11.8 Å². The molecule has 2 aliphatic rings. The van der Waals surface area contributed by atoms with Gasteiger partial charge >= 0.3 is 0 Å². The predicted molar refractivity (Wildman–Crippen MR) is 65.0 cm³/mol. The maximum absolute atomic E-state index is 8.65. The van der Waals surface area contributed by atoms with Gasteiger partial charge in [0.25, 0.3) is 0 Å². The molecule has 0 amide bonds. The summed E-state index contributed by atoms with van der Waals surface area (Å²) in [5.41, 5.74) is 0.487. The van der Waals surface area contributed by atoms with Crippen LogP contribution in [0.25, 0.3) is 0 Å². The number of hydrogen-bond acceptors (Lipinski definition) is 3.